The molecule has 2 N–H and O–H groups in total. The number of hydrogen-bond donors (Lipinski definition) is 2. The maximum absolute atomic E-state index is 10.8. The van der Waals surface area contributed by atoms with Crippen LogP contribution in [0.3, 0.4) is 0 Å². The summed E-state index contributed by atoms with van der Waals surface area (Å²) in [6.07, 6.45) is 5.28. The van der Waals surface area contributed by atoms with Crippen LogP contribution in [0, 0.1) is 0 Å². The van der Waals surface area contributed by atoms with Gasteiger partial charge in [-0.15, -0.1) is 0 Å². The lowest BCUT2D eigenvalue weighted by molar-refractivity contribution is -0.110. The summed E-state index contributed by atoms with van der Waals surface area (Å²) in [5.74, 6) is -0.383. The molecule has 76 valence electrons. The molecule has 0 saturated carbocycles. The van der Waals surface area contributed by atoms with E-state index < -0.39 is 0 Å². The topological polar surface area (TPSA) is 60.8 Å². The molecular weight excluding hydrogens is 182 g/mol. The molecule has 0 atom stereocenters. The molecule has 0 fully saturated rings. The summed E-state index contributed by atoms with van der Waals surface area (Å²) >= 11 is 0. The maximum Gasteiger partial charge on any atom is 0.182 e. The zero-order valence-electron chi connectivity index (χ0n) is 8.14. The summed E-state index contributed by atoms with van der Waals surface area (Å²) in [4.78, 5) is 10.8. The summed E-state index contributed by atoms with van der Waals surface area (Å²) in [6.45, 7) is 3.60. The predicted octanol–water partition coefficient (Wildman–Crippen LogP) is 1.55. The molecule has 0 radical (unpaired) electrons. The molecule has 0 unspecified atom stereocenters. The zero-order valence-corrected chi connectivity index (χ0v) is 8.14. The molecule has 1 aliphatic rings. The van der Waals surface area contributed by atoms with Crippen molar-refractivity contribution < 1.29 is 15.1 Å². The van der Waals surface area contributed by atoms with Gasteiger partial charge in [0, 0.05) is 17.8 Å². The molecule has 0 saturated heterocycles. The van der Waals surface area contributed by atoms with Gasteiger partial charge in [0.2, 0.25) is 0 Å². The van der Waals surface area contributed by atoms with Crippen LogP contribution in [0.4, 0.5) is 0 Å². The highest BCUT2D eigenvalue weighted by Crippen LogP contribution is 2.14. The smallest absolute Gasteiger partial charge is 0.182 e. The molecule has 0 aromatic carbocycles. The highest BCUT2D eigenvalue weighted by molar-refractivity contribution is 6.01. The quantitative estimate of drug-likeness (QED) is 0.656. The lowest BCUT2D eigenvalue weighted by atomic mass is 10.1. The van der Waals surface area contributed by atoms with E-state index in [-0.39, 0.29) is 17.6 Å². The summed E-state index contributed by atoms with van der Waals surface area (Å²) in [6, 6.07) is -0.0821. The predicted molar refractivity (Wildman–Crippen MR) is 51.7 cm³/mol. The van der Waals surface area contributed by atoms with E-state index in [1.807, 2.05) is 0 Å². The summed E-state index contributed by atoms with van der Waals surface area (Å²) in [7, 11) is 0. The highest BCUT2D eigenvalue weighted by atomic mass is 16.5. The number of hydroxylamine groups is 2. The molecule has 0 aromatic rings. The first-order chi connectivity index (χ1) is 6.50. The fraction of sp³-hybridized carbons (Fsp3) is 0.300. The lowest BCUT2D eigenvalue weighted by Crippen LogP contribution is -2.21. The number of rotatable bonds is 2. The van der Waals surface area contributed by atoms with E-state index >= 15 is 0 Å². The molecular formula is C10H13NO3. The number of hydrogen-bond acceptors (Lipinski definition) is 4. The maximum atomic E-state index is 10.8. The van der Waals surface area contributed by atoms with E-state index in [1.165, 1.54) is 18.4 Å². The van der Waals surface area contributed by atoms with Crippen LogP contribution >= 0.6 is 0 Å². The van der Waals surface area contributed by atoms with Crippen LogP contribution in [0.5, 0.6) is 0 Å². The molecule has 4 heteroatoms. The Morgan fingerprint density at radius 2 is 2.07 bits per heavy atom. The first-order valence-electron chi connectivity index (χ1n) is 4.33. The fourth-order valence-electron chi connectivity index (χ4n) is 0.924. The molecule has 14 heavy (non-hydrogen) atoms. The van der Waals surface area contributed by atoms with E-state index in [4.69, 9.17) is 0 Å². The number of aliphatic hydroxyl groups excluding tert-OH is 1. The summed E-state index contributed by atoms with van der Waals surface area (Å²) < 4.78 is 0. The van der Waals surface area contributed by atoms with Gasteiger partial charge < -0.3 is 5.11 Å². The van der Waals surface area contributed by atoms with Crippen LogP contribution in [0.2, 0.25) is 0 Å². The Balaban J connectivity index is 2.84. The minimum Gasteiger partial charge on any atom is -0.507 e. The third kappa shape index (κ3) is 2.47. The van der Waals surface area contributed by atoms with Crippen molar-refractivity contribution in [1.29, 1.82) is 0 Å². The molecule has 0 aliphatic heterocycles. The number of aliphatic hydroxyl groups is 1. The van der Waals surface area contributed by atoms with Crippen LogP contribution in [0.1, 0.15) is 13.8 Å². The Morgan fingerprint density at radius 3 is 2.57 bits per heavy atom. The van der Waals surface area contributed by atoms with Gasteiger partial charge >= 0.3 is 0 Å². The fourth-order valence-corrected chi connectivity index (χ4v) is 0.924. The average Bonchev–Trinajstić information content (AvgIpc) is 2.09. The van der Waals surface area contributed by atoms with Gasteiger partial charge in [-0.3, -0.25) is 15.1 Å². The van der Waals surface area contributed by atoms with Crippen molar-refractivity contribution in [3.8, 4) is 0 Å². The molecule has 1 aliphatic carbocycles. The minimum absolute atomic E-state index is 0.0821. The number of carbonyl (C=O) groups excluding carboxylic acids is 1. The van der Waals surface area contributed by atoms with E-state index in [9.17, 15) is 15.1 Å². The van der Waals surface area contributed by atoms with Crippen molar-refractivity contribution >= 4 is 5.78 Å². The van der Waals surface area contributed by atoms with Gasteiger partial charge in [-0.2, -0.15) is 0 Å². The van der Waals surface area contributed by atoms with Crippen LogP contribution in [-0.2, 0) is 4.79 Å². The van der Waals surface area contributed by atoms with E-state index in [0.29, 0.717) is 5.57 Å². The van der Waals surface area contributed by atoms with Crippen LogP contribution in [0.25, 0.3) is 0 Å². The van der Waals surface area contributed by atoms with Crippen molar-refractivity contribution in [2.45, 2.75) is 19.9 Å². The van der Waals surface area contributed by atoms with E-state index in [2.05, 4.69) is 0 Å². The lowest BCUT2D eigenvalue weighted by Gasteiger charge is -2.18. The molecule has 0 heterocycles. The second-order valence-electron chi connectivity index (χ2n) is 3.32. The van der Waals surface area contributed by atoms with Crippen molar-refractivity contribution in [2.75, 3.05) is 0 Å². The van der Waals surface area contributed by atoms with Crippen LogP contribution in [0.15, 0.2) is 35.8 Å². The number of nitrogens with zero attached hydrogens (tertiary/aromatic N) is 1. The number of ketones is 1. The highest BCUT2D eigenvalue weighted by Gasteiger charge is 2.10. The molecule has 0 aromatic heterocycles. The van der Waals surface area contributed by atoms with Gasteiger partial charge in [-0.25, -0.2) is 0 Å². The Kier molecular flexibility index (Phi) is 3.09. The van der Waals surface area contributed by atoms with Gasteiger partial charge in [0.1, 0.15) is 5.76 Å². The normalized spacial score (nSPS) is 19.0. The molecule has 4 nitrogen and oxygen atoms in total. The molecule has 1 rings (SSSR count). The Hall–Kier alpha value is -1.55. The standard InChI is InChI=1S/C10H13NO3/c1-7(2)11(14)6-8-3-4-9(12)5-10(8)13/h3-7,13-14H,1-2H3/b8-6+. The van der Waals surface area contributed by atoms with Crippen LogP contribution in [-0.4, -0.2) is 27.2 Å². The van der Waals surface area contributed by atoms with Crippen molar-refractivity contribution in [2.24, 2.45) is 0 Å². The summed E-state index contributed by atoms with van der Waals surface area (Å²) in [5.41, 5.74) is 0.417. The van der Waals surface area contributed by atoms with Gasteiger partial charge in [0.25, 0.3) is 0 Å². The average molecular weight is 195 g/mol. The Labute approximate surface area is 82.4 Å². The van der Waals surface area contributed by atoms with Crippen LogP contribution < -0.4 is 0 Å². The number of carbonyl (C=O) groups is 1. The minimum atomic E-state index is -0.256. The first kappa shape index (κ1) is 10.5. The third-order valence-corrected chi connectivity index (χ3v) is 1.80. The third-order valence-electron chi connectivity index (χ3n) is 1.80. The first-order valence-corrected chi connectivity index (χ1v) is 4.33. The Bertz CT molecular complexity index is 326. The molecule has 0 spiro atoms. The zero-order chi connectivity index (χ0) is 10.7. The summed E-state index contributed by atoms with van der Waals surface area (Å²) in [5, 5.41) is 19.7. The SMILES string of the molecule is CC(C)N(O)/C=C1\C=CC(=O)C=C1O. The van der Waals surface area contributed by atoms with Gasteiger partial charge in [0.15, 0.2) is 5.78 Å². The van der Waals surface area contributed by atoms with Crippen molar-refractivity contribution in [3.63, 3.8) is 0 Å². The number of allylic oxidation sites excluding steroid dienone is 3. The van der Waals surface area contributed by atoms with Crippen molar-refractivity contribution in [3.05, 3.63) is 35.8 Å². The van der Waals surface area contributed by atoms with E-state index in [1.54, 1.807) is 13.8 Å². The van der Waals surface area contributed by atoms with Gasteiger partial charge in [-0.05, 0) is 26.0 Å². The van der Waals surface area contributed by atoms with E-state index in [0.717, 1.165) is 11.1 Å². The monoisotopic (exact) mass is 195 g/mol. The molecule has 0 bridgehead atoms. The second kappa shape index (κ2) is 4.11. The van der Waals surface area contributed by atoms with Gasteiger partial charge in [-0.1, -0.05) is 0 Å². The molecule has 0 amide bonds. The Morgan fingerprint density at radius 1 is 1.43 bits per heavy atom. The van der Waals surface area contributed by atoms with Gasteiger partial charge in [0.05, 0.1) is 6.04 Å². The van der Waals surface area contributed by atoms with Crippen molar-refractivity contribution in [1.82, 2.24) is 5.06 Å². The second-order valence-corrected chi connectivity index (χ2v) is 3.32. The largest absolute Gasteiger partial charge is 0.507 e.